The van der Waals surface area contributed by atoms with Crippen molar-refractivity contribution in [3.8, 4) is 0 Å². The number of nitrogens with zero attached hydrogens (tertiary/aromatic N) is 2. The molecule has 32 heavy (non-hydrogen) atoms. The van der Waals surface area contributed by atoms with E-state index in [9.17, 15) is 26.8 Å². The lowest BCUT2D eigenvalue weighted by Crippen LogP contribution is -2.26. The number of carbonyl (C=O) groups excluding carboxylic acids is 1. The maximum absolute atomic E-state index is 14.1. The van der Waals surface area contributed by atoms with Crippen LogP contribution in [0.4, 0.5) is 14.5 Å². The number of fused-ring (bicyclic) bond motifs is 1. The summed E-state index contributed by atoms with van der Waals surface area (Å²) in [7, 11) is -0.841. The fourth-order valence-electron chi connectivity index (χ4n) is 4.31. The third-order valence-corrected chi connectivity index (χ3v) is 8.41. The van der Waals surface area contributed by atoms with E-state index in [0.29, 0.717) is 23.9 Å². The van der Waals surface area contributed by atoms with E-state index in [-0.39, 0.29) is 16.3 Å². The molecule has 1 aliphatic rings. The quantitative estimate of drug-likeness (QED) is 0.641. The van der Waals surface area contributed by atoms with Gasteiger partial charge in [-0.3, -0.25) is 13.9 Å². The first-order valence-corrected chi connectivity index (χ1v) is 11.9. The average molecular weight is 464 g/mol. The number of benzene rings is 2. The lowest BCUT2D eigenvalue weighted by Gasteiger charge is -2.23. The molecule has 0 unspecified atom stereocenters. The first-order chi connectivity index (χ1) is 15.1. The summed E-state index contributed by atoms with van der Waals surface area (Å²) in [6.07, 6.45) is 3.48. The zero-order chi connectivity index (χ0) is 23.2. The number of carbonyl (C=O) groups is 1. The van der Waals surface area contributed by atoms with Crippen molar-refractivity contribution >= 4 is 32.5 Å². The maximum atomic E-state index is 14.1. The van der Waals surface area contributed by atoms with Crippen LogP contribution in [0, 0.1) is 11.6 Å². The van der Waals surface area contributed by atoms with Crippen molar-refractivity contribution in [1.82, 2.24) is 9.13 Å². The highest BCUT2D eigenvalue weighted by molar-refractivity contribution is 7.92. The van der Waals surface area contributed by atoms with E-state index in [1.165, 1.54) is 35.4 Å². The Morgan fingerprint density at radius 1 is 1.00 bits per heavy atom. The summed E-state index contributed by atoms with van der Waals surface area (Å²) >= 11 is 0. The van der Waals surface area contributed by atoms with E-state index in [2.05, 4.69) is 5.32 Å². The summed E-state index contributed by atoms with van der Waals surface area (Å²) < 4.78 is 57.9. The number of rotatable bonds is 4. The molecule has 0 spiro atoms. The molecular formula is C22H23F2N3O4S. The molecule has 0 radical (unpaired) electrons. The van der Waals surface area contributed by atoms with Crippen LogP contribution in [0.5, 0.6) is 0 Å². The molecule has 1 fully saturated rings. The van der Waals surface area contributed by atoms with Crippen LogP contribution < -0.4 is 11.0 Å². The summed E-state index contributed by atoms with van der Waals surface area (Å²) in [5.74, 6) is -3.24. The minimum Gasteiger partial charge on any atom is -0.321 e. The number of amides is 1. The van der Waals surface area contributed by atoms with Gasteiger partial charge in [0, 0.05) is 14.1 Å². The smallest absolute Gasteiger partial charge is 0.321 e. The van der Waals surface area contributed by atoms with Crippen LogP contribution in [-0.4, -0.2) is 28.7 Å². The van der Waals surface area contributed by atoms with E-state index in [1.54, 1.807) is 0 Å². The molecule has 0 atom stereocenters. The predicted octanol–water partition coefficient (Wildman–Crippen LogP) is 3.51. The SMILES string of the molecule is Cn1c(=O)n(C)c2cc(S(=O)(=O)C3CCCCC3)c(NC(=O)c3c(F)cccc3F)cc21. The van der Waals surface area contributed by atoms with Crippen molar-refractivity contribution in [2.24, 2.45) is 14.1 Å². The van der Waals surface area contributed by atoms with Gasteiger partial charge in [-0.15, -0.1) is 0 Å². The second-order valence-corrected chi connectivity index (χ2v) is 10.3. The summed E-state index contributed by atoms with van der Waals surface area (Å²) in [6.45, 7) is 0. The van der Waals surface area contributed by atoms with Gasteiger partial charge in [-0.2, -0.15) is 0 Å². The third-order valence-electron chi connectivity index (χ3n) is 6.11. The largest absolute Gasteiger partial charge is 0.328 e. The zero-order valence-corrected chi connectivity index (χ0v) is 18.5. The number of nitrogens with one attached hydrogen (secondary N) is 1. The second-order valence-electron chi connectivity index (χ2n) is 8.09. The number of halogens is 2. The standard InChI is InChI=1S/C22H23F2N3O4S/c1-26-17-11-16(25-21(28)20-14(23)9-6-10-15(20)24)19(12-18(17)27(2)22(26)29)32(30,31)13-7-4-3-5-8-13/h6,9-13H,3-5,7-8H2,1-2H3,(H,25,28). The molecule has 0 bridgehead atoms. The van der Waals surface area contributed by atoms with E-state index in [4.69, 9.17) is 0 Å². The molecular weight excluding hydrogens is 440 g/mol. The number of sulfone groups is 1. The molecule has 0 saturated heterocycles. The Morgan fingerprint density at radius 2 is 1.56 bits per heavy atom. The lowest BCUT2D eigenvalue weighted by molar-refractivity contribution is 0.101. The summed E-state index contributed by atoms with van der Waals surface area (Å²) in [5.41, 5.74) is -0.538. The average Bonchev–Trinajstić information content (AvgIpc) is 2.97. The maximum Gasteiger partial charge on any atom is 0.328 e. The second kappa shape index (κ2) is 8.16. The number of aryl methyl sites for hydroxylation is 2. The van der Waals surface area contributed by atoms with Gasteiger partial charge in [-0.05, 0) is 37.1 Å². The molecule has 1 saturated carbocycles. The Hall–Kier alpha value is -3.01. The molecule has 1 amide bonds. The molecule has 1 aliphatic carbocycles. The highest BCUT2D eigenvalue weighted by Gasteiger charge is 2.33. The minimum absolute atomic E-state index is 0.114. The zero-order valence-electron chi connectivity index (χ0n) is 17.7. The number of hydrogen-bond acceptors (Lipinski definition) is 4. The summed E-state index contributed by atoms with van der Waals surface area (Å²) in [4.78, 5) is 25.0. The normalized spacial score (nSPS) is 15.2. The number of hydrogen-bond donors (Lipinski definition) is 1. The molecule has 7 nitrogen and oxygen atoms in total. The van der Waals surface area contributed by atoms with Gasteiger partial charge in [-0.1, -0.05) is 25.3 Å². The highest BCUT2D eigenvalue weighted by Crippen LogP contribution is 2.35. The van der Waals surface area contributed by atoms with Crippen LogP contribution >= 0.6 is 0 Å². The Morgan fingerprint density at radius 3 is 2.16 bits per heavy atom. The Labute approximate surface area is 183 Å². The monoisotopic (exact) mass is 463 g/mol. The molecule has 3 aromatic rings. The van der Waals surface area contributed by atoms with Gasteiger partial charge in [-0.25, -0.2) is 22.0 Å². The van der Waals surface area contributed by atoms with Crippen LogP contribution in [0.25, 0.3) is 11.0 Å². The van der Waals surface area contributed by atoms with Crippen molar-refractivity contribution in [2.45, 2.75) is 42.2 Å². The van der Waals surface area contributed by atoms with Gasteiger partial charge in [0.15, 0.2) is 9.84 Å². The van der Waals surface area contributed by atoms with Gasteiger partial charge in [0.2, 0.25) is 0 Å². The molecule has 2 aromatic carbocycles. The Bertz CT molecular complexity index is 1370. The fraction of sp³-hybridized carbons (Fsp3) is 0.364. The van der Waals surface area contributed by atoms with E-state index in [0.717, 1.165) is 37.5 Å². The Balaban J connectivity index is 1.90. The van der Waals surface area contributed by atoms with Gasteiger partial charge in [0.1, 0.15) is 17.2 Å². The molecule has 1 N–H and O–H groups in total. The van der Waals surface area contributed by atoms with E-state index < -0.39 is 38.2 Å². The van der Waals surface area contributed by atoms with Crippen LogP contribution in [-0.2, 0) is 23.9 Å². The van der Waals surface area contributed by atoms with Gasteiger partial charge in [0.05, 0.1) is 26.9 Å². The molecule has 1 aromatic heterocycles. The van der Waals surface area contributed by atoms with E-state index in [1.807, 2.05) is 0 Å². The van der Waals surface area contributed by atoms with Crippen molar-refractivity contribution in [3.63, 3.8) is 0 Å². The predicted molar refractivity (Wildman–Crippen MR) is 117 cm³/mol. The van der Waals surface area contributed by atoms with E-state index >= 15 is 0 Å². The summed E-state index contributed by atoms with van der Waals surface area (Å²) in [6, 6.07) is 5.74. The number of anilines is 1. The lowest BCUT2D eigenvalue weighted by atomic mass is 10.0. The fourth-order valence-corrected chi connectivity index (χ4v) is 6.32. The van der Waals surface area contributed by atoms with Crippen LogP contribution in [0.3, 0.4) is 0 Å². The number of imidazole rings is 1. The number of aromatic nitrogens is 2. The molecule has 170 valence electrons. The van der Waals surface area contributed by atoms with Crippen molar-refractivity contribution in [2.75, 3.05) is 5.32 Å². The molecule has 1 heterocycles. The first-order valence-electron chi connectivity index (χ1n) is 10.3. The van der Waals surface area contributed by atoms with Crippen molar-refractivity contribution in [1.29, 1.82) is 0 Å². The minimum atomic E-state index is -3.88. The highest BCUT2D eigenvalue weighted by atomic mass is 32.2. The molecule has 4 rings (SSSR count). The summed E-state index contributed by atoms with van der Waals surface area (Å²) in [5, 5.41) is 1.75. The molecule has 0 aliphatic heterocycles. The van der Waals surface area contributed by atoms with Gasteiger partial charge in [0.25, 0.3) is 5.91 Å². The first kappa shape index (κ1) is 22.2. The molecule has 10 heteroatoms. The van der Waals surface area contributed by atoms with Crippen LogP contribution in [0.15, 0.2) is 40.0 Å². The van der Waals surface area contributed by atoms with Crippen LogP contribution in [0.1, 0.15) is 42.5 Å². The topological polar surface area (TPSA) is 90.2 Å². The van der Waals surface area contributed by atoms with Crippen molar-refractivity contribution in [3.05, 3.63) is 58.0 Å². The Kier molecular flexibility index (Phi) is 5.66. The van der Waals surface area contributed by atoms with Gasteiger partial charge >= 0.3 is 5.69 Å². The van der Waals surface area contributed by atoms with Crippen molar-refractivity contribution < 1.29 is 22.0 Å². The third kappa shape index (κ3) is 3.62. The van der Waals surface area contributed by atoms with Gasteiger partial charge < -0.3 is 5.32 Å². The van der Waals surface area contributed by atoms with Crippen LogP contribution in [0.2, 0.25) is 0 Å².